The van der Waals surface area contributed by atoms with Gasteiger partial charge in [0.15, 0.2) is 0 Å². The van der Waals surface area contributed by atoms with Crippen molar-refractivity contribution in [3.8, 4) is 6.07 Å². The van der Waals surface area contributed by atoms with Crippen molar-refractivity contribution >= 4 is 11.6 Å². The number of halogens is 3. The number of hydrogen-bond acceptors (Lipinski definition) is 2. The fraction of sp³-hybridized carbons (Fsp3) is 0.125. The first-order valence-corrected chi connectivity index (χ1v) is 6.28. The lowest BCUT2D eigenvalue weighted by molar-refractivity contribution is -0.137. The van der Waals surface area contributed by atoms with E-state index >= 15 is 0 Å². The topological polar surface area (TPSA) is 44.1 Å². The average Bonchev–Trinajstić information content (AvgIpc) is 2.53. The molecule has 0 aliphatic rings. The molecule has 0 fully saturated rings. The third kappa shape index (κ3) is 3.26. The average molecular weight is 304 g/mol. The molecule has 1 amide bonds. The smallest absolute Gasteiger partial charge is 0.311 e. The van der Waals surface area contributed by atoms with Gasteiger partial charge in [0.2, 0.25) is 0 Å². The molecular formula is C16H11F3N2O. The van der Waals surface area contributed by atoms with Crippen molar-refractivity contribution in [2.45, 2.75) is 6.18 Å². The molecule has 0 N–H and O–H groups in total. The standard InChI is InChI=1S/C16H11F3N2O/c1-21(14-7-2-4-11(8-14)10-20)15(22)12-5-3-6-13(9-12)16(17,18)19/h2-9H,1H3. The number of nitriles is 1. The fourth-order valence-electron chi connectivity index (χ4n) is 1.92. The summed E-state index contributed by atoms with van der Waals surface area (Å²) in [7, 11) is 1.44. The van der Waals surface area contributed by atoms with Gasteiger partial charge in [0.1, 0.15) is 0 Å². The van der Waals surface area contributed by atoms with E-state index in [0.29, 0.717) is 11.3 Å². The summed E-state index contributed by atoms with van der Waals surface area (Å²) in [4.78, 5) is 13.5. The molecule has 0 heterocycles. The van der Waals surface area contributed by atoms with Crippen LogP contribution < -0.4 is 4.90 Å². The maximum absolute atomic E-state index is 12.7. The van der Waals surface area contributed by atoms with Gasteiger partial charge >= 0.3 is 6.18 Å². The summed E-state index contributed by atoms with van der Waals surface area (Å²) in [5.41, 5.74) is -0.153. The number of amides is 1. The van der Waals surface area contributed by atoms with Crippen molar-refractivity contribution in [3.05, 3.63) is 65.2 Å². The Morgan fingerprint density at radius 2 is 1.82 bits per heavy atom. The minimum Gasteiger partial charge on any atom is -0.311 e. The first kappa shape index (κ1) is 15.6. The largest absolute Gasteiger partial charge is 0.416 e. The van der Waals surface area contributed by atoms with Crippen LogP contribution in [0.5, 0.6) is 0 Å². The van der Waals surface area contributed by atoms with Gasteiger partial charge in [-0.15, -0.1) is 0 Å². The Bertz CT molecular complexity index is 748. The number of carbonyl (C=O) groups is 1. The molecule has 0 saturated carbocycles. The van der Waals surface area contributed by atoms with Crippen LogP contribution in [0.4, 0.5) is 18.9 Å². The van der Waals surface area contributed by atoms with Gasteiger partial charge < -0.3 is 4.90 Å². The normalized spacial score (nSPS) is 10.9. The number of nitrogens with zero attached hydrogens (tertiary/aromatic N) is 2. The number of carbonyl (C=O) groups excluding carboxylic acids is 1. The molecule has 22 heavy (non-hydrogen) atoms. The minimum atomic E-state index is -4.50. The van der Waals surface area contributed by atoms with Crippen molar-refractivity contribution in [2.24, 2.45) is 0 Å². The first-order chi connectivity index (χ1) is 10.3. The third-order valence-electron chi connectivity index (χ3n) is 3.10. The Labute approximate surface area is 125 Å². The molecule has 2 aromatic rings. The Morgan fingerprint density at radius 3 is 2.45 bits per heavy atom. The van der Waals surface area contributed by atoms with Crippen molar-refractivity contribution in [3.63, 3.8) is 0 Å². The number of rotatable bonds is 2. The quantitative estimate of drug-likeness (QED) is 0.845. The summed E-state index contributed by atoms with van der Waals surface area (Å²) in [6.07, 6.45) is -4.50. The van der Waals surface area contributed by atoms with Gasteiger partial charge in [-0.2, -0.15) is 18.4 Å². The Hall–Kier alpha value is -2.81. The second-order valence-corrected chi connectivity index (χ2v) is 4.60. The molecule has 2 aromatic carbocycles. The van der Waals surface area contributed by atoms with Crippen LogP contribution in [-0.4, -0.2) is 13.0 Å². The Morgan fingerprint density at radius 1 is 1.14 bits per heavy atom. The molecule has 0 radical (unpaired) electrons. The predicted molar refractivity (Wildman–Crippen MR) is 75.3 cm³/mol. The molecule has 0 aliphatic heterocycles. The molecule has 0 unspecified atom stereocenters. The van der Waals surface area contributed by atoms with Gasteiger partial charge in [-0.25, -0.2) is 0 Å². The Balaban J connectivity index is 2.33. The highest BCUT2D eigenvalue weighted by Crippen LogP contribution is 2.30. The van der Waals surface area contributed by atoms with Crippen molar-refractivity contribution in [1.82, 2.24) is 0 Å². The summed E-state index contributed by atoms with van der Waals surface area (Å²) < 4.78 is 38.1. The van der Waals surface area contributed by atoms with E-state index in [1.54, 1.807) is 18.2 Å². The van der Waals surface area contributed by atoms with Gasteiger partial charge in [0.25, 0.3) is 5.91 Å². The van der Waals surface area contributed by atoms with Gasteiger partial charge in [-0.05, 0) is 36.4 Å². The molecule has 6 heteroatoms. The molecular weight excluding hydrogens is 293 g/mol. The van der Waals surface area contributed by atoms with Crippen LogP contribution in [0.1, 0.15) is 21.5 Å². The summed E-state index contributed by atoms with van der Waals surface area (Å²) in [5.74, 6) is -0.582. The van der Waals surface area contributed by atoms with Crippen LogP contribution in [0.25, 0.3) is 0 Å². The molecule has 0 bridgehead atoms. The maximum atomic E-state index is 12.7. The van der Waals surface area contributed by atoms with E-state index < -0.39 is 17.6 Å². The van der Waals surface area contributed by atoms with Crippen LogP contribution in [0.15, 0.2) is 48.5 Å². The zero-order chi connectivity index (χ0) is 16.3. The highest BCUT2D eigenvalue weighted by Gasteiger charge is 2.31. The van der Waals surface area contributed by atoms with E-state index in [2.05, 4.69) is 0 Å². The van der Waals surface area contributed by atoms with E-state index in [-0.39, 0.29) is 5.56 Å². The fourth-order valence-corrected chi connectivity index (χ4v) is 1.92. The molecule has 0 saturated heterocycles. The number of alkyl halides is 3. The summed E-state index contributed by atoms with van der Waals surface area (Å²) in [6.45, 7) is 0. The van der Waals surface area contributed by atoms with Crippen molar-refractivity contribution in [1.29, 1.82) is 5.26 Å². The Kier molecular flexibility index (Phi) is 4.18. The highest BCUT2D eigenvalue weighted by molar-refractivity contribution is 6.05. The van der Waals surface area contributed by atoms with Crippen LogP contribution in [0.3, 0.4) is 0 Å². The van der Waals surface area contributed by atoms with Gasteiger partial charge in [-0.3, -0.25) is 4.79 Å². The highest BCUT2D eigenvalue weighted by atomic mass is 19.4. The van der Waals surface area contributed by atoms with Crippen LogP contribution in [-0.2, 0) is 6.18 Å². The van der Waals surface area contributed by atoms with Gasteiger partial charge in [0.05, 0.1) is 17.2 Å². The minimum absolute atomic E-state index is 0.0697. The lowest BCUT2D eigenvalue weighted by Gasteiger charge is -2.18. The van der Waals surface area contributed by atoms with Crippen LogP contribution in [0, 0.1) is 11.3 Å². The first-order valence-electron chi connectivity index (χ1n) is 6.28. The number of anilines is 1. The molecule has 0 aliphatic carbocycles. The van der Waals surface area contributed by atoms with Gasteiger partial charge in [-0.1, -0.05) is 12.1 Å². The molecule has 0 spiro atoms. The number of benzene rings is 2. The van der Waals surface area contributed by atoms with Crippen LogP contribution >= 0.6 is 0 Å². The van der Waals surface area contributed by atoms with E-state index in [1.807, 2.05) is 6.07 Å². The lowest BCUT2D eigenvalue weighted by atomic mass is 10.1. The second kappa shape index (κ2) is 5.90. The SMILES string of the molecule is CN(C(=O)c1cccc(C(F)(F)F)c1)c1cccc(C#N)c1. The van der Waals surface area contributed by atoms with Crippen molar-refractivity contribution < 1.29 is 18.0 Å². The zero-order valence-corrected chi connectivity index (χ0v) is 11.6. The number of hydrogen-bond donors (Lipinski definition) is 0. The molecule has 0 aromatic heterocycles. The van der Waals surface area contributed by atoms with Crippen molar-refractivity contribution in [2.75, 3.05) is 11.9 Å². The summed E-state index contributed by atoms with van der Waals surface area (Å²) in [5, 5.41) is 8.85. The molecule has 3 nitrogen and oxygen atoms in total. The van der Waals surface area contributed by atoms with E-state index in [4.69, 9.17) is 5.26 Å². The monoisotopic (exact) mass is 304 g/mol. The molecule has 0 atom stereocenters. The van der Waals surface area contributed by atoms with Crippen LogP contribution in [0.2, 0.25) is 0 Å². The van der Waals surface area contributed by atoms with E-state index in [9.17, 15) is 18.0 Å². The zero-order valence-electron chi connectivity index (χ0n) is 11.6. The molecule has 112 valence electrons. The van der Waals surface area contributed by atoms with E-state index in [1.165, 1.54) is 30.1 Å². The predicted octanol–water partition coefficient (Wildman–Crippen LogP) is 3.85. The second-order valence-electron chi connectivity index (χ2n) is 4.60. The summed E-state index contributed by atoms with van der Waals surface area (Å²) >= 11 is 0. The maximum Gasteiger partial charge on any atom is 0.416 e. The van der Waals surface area contributed by atoms with Gasteiger partial charge in [0, 0.05) is 18.3 Å². The lowest BCUT2D eigenvalue weighted by Crippen LogP contribution is -2.26. The van der Waals surface area contributed by atoms with E-state index in [0.717, 1.165) is 12.1 Å². The summed E-state index contributed by atoms with van der Waals surface area (Å²) in [6, 6.07) is 12.4. The third-order valence-corrected chi connectivity index (χ3v) is 3.10. The molecule has 2 rings (SSSR count).